The van der Waals surface area contributed by atoms with Gasteiger partial charge in [-0.2, -0.15) is 0 Å². The highest BCUT2D eigenvalue weighted by Crippen LogP contribution is 2.18. The van der Waals surface area contributed by atoms with Gasteiger partial charge in [-0.25, -0.2) is 0 Å². The third-order valence-corrected chi connectivity index (χ3v) is 3.73. The van der Waals surface area contributed by atoms with Crippen molar-refractivity contribution >= 4 is 23.4 Å². The molecule has 0 bridgehead atoms. The van der Waals surface area contributed by atoms with Crippen LogP contribution < -0.4 is 10.6 Å². The smallest absolute Gasteiger partial charge is 0.234 e. The first-order chi connectivity index (χ1) is 10.4. The Morgan fingerprint density at radius 3 is 2.64 bits per heavy atom. The predicted octanol–water partition coefficient (Wildman–Crippen LogP) is 1.73. The number of carbonyl (C=O) groups excluding carboxylic acids is 2. The first kappa shape index (κ1) is 16.8. The molecule has 0 heterocycles. The van der Waals surface area contributed by atoms with Crippen LogP contribution >= 0.6 is 11.6 Å². The van der Waals surface area contributed by atoms with E-state index in [1.54, 1.807) is 18.0 Å². The third kappa shape index (κ3) is 5.66. The van der Waals surface area contributed by atoms with Crippen LogP contribution in [0.15, 0.2) is 24.3 Å². The van der Waals surface area contributed by atoms with Gasteiger partial charge in [-0.1, -0.05) is 23.7 Å². The standard InChI is InChI=1S/C16H22ClN3O2/c1-11(12-4-3-5-13(17)8-12)18-15(21)9-20(2)10-16(22)19-14-6-7-14/h3-5,8,11,14H,6-7,9-10H2,1-2H3,(H,18,21)(H,19,22)/t11-/m0/s1. The number of nitrogens with zero attached hydrogens (tertiary/aromatic N) is 1. The van der Waals surface area contributed by atoms with Gasteiger partial charge in [-0.05, 0) is 44.5 Å². The number of amides is 2. The van der Waals surface area contributed by atoms with Crippen LogP contribution in [0.3, 0.4) is 0 Å². The van der Waals surface area contributed by atoms with Gasteiger partial charge >= 0.3 is 0 Å². The highest BCUT2D eigenvalue weighted by atomic mass is 35.5. The molecule has 2 rings (SSSR count). The summed E-state index contributed by atoms with van der Waals surface area (Å²) in [6, 6.07) is 7.63. The van der Waals surface area contributed by atoms with Gasteiger partial charge in [-0.3, -0.25) is 14.5 Å². The third-order valence-electron chi connectivity index (χ3n) is 3.50. The largest absolute Gasteiger partial charge is 0.352 e. The van der Waals surface area contributed by atoms with Crippen molar-refractivity contribution < 1.29 is 9.59 Å². The monoisotopic (exact) mass is 323 g/mol. The summed E-state index contributed by atoms with van der Waals surface area (Å²) >= 11 is 5.95. The van der Waals surface area contributed by atoms with Gasteiger partial charge in [0.25, 0.3) is 0 Å². The van der Waals surface area contributed by atoms with Gasteiger partial charge in [0.2, 0.25) is 11.8 Å². The molecule has 120 valence electrons. The second-order valence-electron chi connectivity index (χ2n) is 5.86. The van der Waals surface area contributed by atoms with E-state index in [-0.39, 0.29) is 30.9 Å². The summed E-state index contributed by atoms with van der Waals surface area (Å²) in [5, 5.41) is 6.46. The fourth-order valence-corrected chi connectivity index (χ4v) is 2.39. The predicted molar refractivity (Wildman–Crippen MR) is 86.7 cm³/mol. The molecule has 5 nitrogen and oxygen atoms in total. The summed E-state index contributed by atoms with van der Waals surface area (Å²) in [6.45, 7) is 2.32. The number of carbonyl (C=O) groups is 2. The molecule has 1 fully saturated rings. The van der Waals surface area contributed by atoms with Crippen molar-refractivity contribution in [2.24, 2.45) is 0 Å². The van der Waals surface area contributed by atoms with E-state index in [0.29, 0.717) is 11.1 Å². The van der Waals surface area contributed by atoms with E-state index >= 15 is 0 Å². The molecule has 1 atom stereocenters. The van der Waals surface area contributed by atoms with Crippen LogP contribution in [0.4, 0.5) is 0 Å². The van der Waals surface area contributed by atoms with E-state index in [1.165, 1.54) is 0 Å². The minimum atomic E-state index is -0.125. The van der Waals surface area contributed by atoms with Crippen LogP contribution in [0.1, 0.15) is 31.4 Å². The number of hydrogen-bond acceptors (Lipinski definition) is 3. The second kappa shape index (κ2) is 7.61. The van der Waals surface area contributed by atoms with E-state index in [4.69, 9.17) is 11.6 Å². The lowest BCUT2D eigenvalue weighted by Crippen LogP contribution is -2.41. The lowest BCUT2D eigenvalue weighted by molar-refractivity contribution is -0.125. The molecule has 1 aliphatic carbocycles. The Hall–Kier alpha value is -1.59. The van der Waals surface area contributed by atoms with Crippen molar-refractivity contribution in [2.45, 2.75) is 31.8 Å². The number of likely N-dealkylation sites (N-methyl/N-ethyl adjacent to an activating group) is 1. The van der Waals surface area contributed by atoms with Crippen LogP contribution in [0.2, 0.25) is 5.02 Å². The molecule has 0 unspecified atom stereocenters. The molecule has 0 aliphatic heterocycles. The SMILES string of the molecule is C[C@H](NC(=O)CN(C)CC(=O)NC1CC1)c1cccc(Cl)c1. The van der Waals surface area contributed by atoms with Crippen molar-refractivity contribution in [1.29, 1.82) is 0 Å². The van der Waals surface area contributed by atoms with Gasteiger partial charge in [0.1, 0.15) is 0 Å². The van der Waals surface area contributed by atoms with Gasteiger partial charge in [0, 0.05) is 11.1 Å². The zero-order valence-corrected chi connectivity index (χ0v) is 13.7. The Morgan fingerprint density at radius 1 is 1.32 bits per heavy atom. The molecule has 1 aromatic carbocycles. The lowest BCUT2D eigenvalue weighted by atomic mass is 10.1. The number of benzene rings is 1. The van der Waals surface area contributed by atoms with Crippen molar-refractivity contribution in [2.75, 3.05) is 20.1 Å². The summed E-state index contributed by atoms with van der Waals surface area (Å²) in [6.07, 6.45) is 2.13. The van der Waals surface area contributed by atoms with Crippen LogP contribution in [0, 0.1) is 0 Å². The normalized spacial score (nSPS) is 15.5. The van der Waals surface area contributed by atoms with Crippen LogP contribution in [-0.2, 0) is 9.59 Å². The number of halogens is 1. The van der Waals surface area contributed by atoms with E-state index in [1.807, 2.05) is 25.1 Å². The molecule has 1 saturated carbocycles. The summed E-state index contributed by atoms with van der Waals surface area (Å²) in [4.78, 5) is 25.4. The summed E-state index contributed by atoms with van der Waals surface area (Å²) in [5.74, 6) is -0.144. The highest BCUT2D eigenvalue weighted by molar-refractivity contribution is 6.30. The molecule has 1 aromatic rings. The molecule has 0 radical (unpaired) electrons. The maximum absolute atomic E-state index is 12.0. The van der Waals surface area contributed by atoms with Crippen LogP contribution in [0.25, 0.3) is 0 Å². The summed E-state index contributed by atoms with van der Waals surface area (Å²) < 4.78 is 0. The van der Waals surface area contributed by atoms with E-state index < -0.39 is 0 Å². The van der Waals surface area contributed by atoms with E-state index in [0.717, 1.165) is 18.4 Å². The minimum Gasteiger partial charge on any atom is -0.352 e. The second-order valence-corrected chi connectivity index (χ2v) is 6.29. The van der Waals surface area contributed by atoms with Gasteiger partial charge in [-0.15, -0.1) is 0 Å². The zero-order chi connectivity index (χ0) is 16.1. The Kier molecular flexibility index (Phi) is 5.80. The van der Waals surface area contributed by atoms with Gasteiger partial charge in [0.15, 0.2) is 0 Å². The zero-order valence-electron chi connectivity index (χ0n) is 12.9. The average molecular weight is 324 g/mol. The Morgan fingerprint density at radius 2 is 2.00 bits per heavy atom. The summed E-state index contributed by atoms with van der Waals surface area (Å²) in [5.41, 5.74) is 0.954. The molecule has 2 amide bonds. The fourth-order valence-electron chi connectivity index (χ4n) is 2.19. The van der Waals surface area contributed by atoms with Crippen molar-refractivity contribution in [1.82, 2.24) is 15.5 Å². The molecule has 0 saturated heterocycles. The molecular formula is C16H22ClN3O2. The number of rotatable bonds is 7. The average Bonchev–Trinajstić information content (AvgIpc) is 3.21. The maximum Gasteiger partial charge on any atom is 0.234 e. The van der Waals surface area contributed by atoms with Crippen LogP contribution in [0.5, 0.6) is 0 Å². The molecule has 0 spiro atoms. The lowest BCUT2D eigenvalue weighted by Gasteiger charge is -2.19. The number of hydrogen-bond donors (Lipinski definition) is 2. The van der Waals surface area contributed by atoms with Crippen molar-refractivity contribution in [3.63, 3.8) is 0 Å². The molecule has 1 aliphatic rings. The first-order valence-corrected chi connectivity index (χ1v) is 7.84. The molecule has 0 aromatic heterocycles. The maximum atomic E-state index is 12.0. The quantitative estimate of drug-likeness (QED) is 0.803. The minimum absolute atomic E-state index is 0.0271. The van der Waals surface area contributed by atoms with Crippen molar-refractivity contribution in [3.8, 4) is 0 Å². The fraction of sp³-hybridized carbons (Fsp3) is 0.500. The molecule has 22 heavy (non-hydrogen) atoms. The van der Waals surface area contributed by atoms with Gasteiger partial charge < -0.3 is 10.6 Å². The number of nitrogens with one attached hydrogen (secondary N) is 2. The summed E-state index contributed by atoms with van der Waals surface area (Å²) in [7, 11) is 1.76. The topological polar surface area (TPSA) is 61.4 Å². The Bertz CT molecular complexity index is 546. The van der Waals surface area contributed by atoms with Crippen molar-refractivity contribution in [3.05, 3.63) is 34.9 Å². The molecule has 2 N–H and O–H groups in total. The van der Waals surface area contributed by atoms with E-state index in [2.05, 4.69) is 10.6 Å². The van der Waals surface area contributed by atoms with E-state index in [9.17, 15) is 9.59 Å². The molecule has 6 heteroatoms. The highest BCUT2D eigenvalue weighted by Gasteiger charge is 2.23. The molecular weight excluding hydrogens is 302 g/mol. The Balaban J connectivity index is 1.75. The van der Waals surface area contributed by atoms with Gasteiger partial charge in [0.05, 0.1) is 19.1 Å². The van der Waals surface area contributed by atoms with Crippen LogP contribution in [-0.4, -0.2) is 42.9 Å². The Labute approximate surface area is 136 Å². The first-order valence-electron chi connectivity index (χ1n) is 7.47.